The zero-order chi connectivity index (χ0) is 14.7. The third-order valence-corrected chi connectivity index (χ3v) is 3.99. The summed E-state index contributed by atoms with van der Waals surface area (Å²) in [6, 6.07) is 5.34. The Morgan fingerprint density at radius 1 is 1.25 bits per heavy atom. The molecule has 0 spiro atoms. The van der Waals surface area contributed by atoms with Gasteiger partial charge in [-0.3, -0.25) is 0 Å². The monoisotopic (exact) mass is 348 g/mol. The van der Waals surface area contributed by atoms with Crippen LogP contribution in [0.3, 0.4) is 0 Å². The quantitative estimate of drug-likeness (QED) is 0.659. The maximum absolute atomic E-state index is 9.09. The van der Waals surface area contributed by atoms with E-state index >= 15 is 0 Å². The predicted molar refractivity (Wildman–Crippen MR) is 82.5 cm³/mol. The molecule has 0 unspecified atom stereocenters. The van der Waals surface area contributed by atoms with Gasteiger partial charge in [0.2, 0.25) is 0 Å². The first-order valence-electron chi connectivity index (χ1n) is 5.52. The smallest absolute Gasteiger partial charge is 0.147 e. The summed E-state index contributed by atoms with van der Waals surface area (Å²) in [5.74, 6) is 0.902. The lowest BCUT2D eigenvalue weighted by atomic mass is 10.3. The van der Waals surface area contributed by atoms with Gasteiger partial charge in [0.05, 0.1) is 27.0 Å². The van der Waals surface area contributed by atoms with Crippen LogP contribution in [-0.4, -0.2) is 22.2 Å². The van der Waals surface area contributed by atoms with Crippen LogP contribution >= 0.6 is 46.4 Å². The van der Waals surface area contributed by atoms with E-state index in [1.807, 2.05) is 6.07 Å². The lowest BCUT2D eigenvalue weighted by Crippen LogP contribution is -2.10. The first-order valence-corrected chi connectivity index (χ1v) is 7.18. The minimum Gasteiger partial charge on any atom is -0.368 e. The summed E-state index contributed by atoms with van der Waals surface area (Å²) in [4.78, 5) is 0. The van der Waals surface area contributed by atoms with Crippen LogP contribution in [0.25, 0.3) is 5.69 Å². The van der Waals surface area contributed by atoms with Crippen LogP contribution in [0.5, 0.6) is 0 Å². The van der Waals surface area contributed by atoms with E-state index in [1.54, 1.807) is 12.1 Å². The van der Waals surface area contributed by atoms with E-state index < -0.39 is 0 Å². The number of benzene rings is 1. The molecule has 1 heterocycles. The Labute approximate surface area is 135 Å². The molecule has 1 aromatic heterocycles. The Hall–Kier alpha value is -1.12. The average Bonchev–Trinajstić information content (AvgIpc) is 2.85. The zero-order valence-corrected chi connectivity index (χ0v) is 13.0. The number of aromatic nitrogens is 2. The summed E-state index contributed by atoms with van der Waals surface area (Å²) in [5.41, 5.74) is 0.914. The summed E-state index contributed by atoms with van der Waals surface area (Å²) in [6.07, 6.45) is 1.44. The standard InChI is InChI=1S/C12H8Cl4N4/c13-3-4-18-12-7(5-17)6-19-20(12)9-2-1-8(14)10(15)11(9)16/h1-2,6,18H,3-4H2. The maximum Gasteiger partial charge on any atom is 0.147 e. The lowest BCUT2D eigenvalue weighted by molar-refractivity contribution is 0.879. The second-order valence-electron chi connectivity index (χ2n) is 3.74. The molecule has 4 nitrogen and oxygen atoms in total. The highest BCUT2D eigenvalue weighted by molar-refractivity contribution is 6.48. The molecule has 0 aliphatic rings. The molecule has 104 valence electrons. The Morgan fingerprint density at radius 3 is 2.65 bits per heavy atom. The van der Waals surface area contributed by atoms with Crippen molar-refractivity contribution in [1.82, 2.24) is 9.78 Å². The van der Waals surface area contributed by atoms with E-state index in [0.717, 1.165) is 0 Å². The van der Waals surface area contributed by atoms with Gasteiger partial charge in [0.1, 0.15) is 17.5 Å². The Balaban J connectivity index is 2.56. The first-order chi connectivity index (χ1) is 9.60. The number of anilines is 1. The summed E-state index contributed by atoms with van der Waals surface area (Å²) in [7, 11) is 0. The normalized spacial score (nSPS) is 10.3. The molecule has 2 aromatic rings. The van der Waals surface area contributed by atoms with Crippen LogP contribution in [0.2, 0.25) is 15.1 Å². The number of halogens is 4. The van der Waals surface area contributed by atoms with Crippen LogP contribution in [-0.2, 0) is 0 Å². The number of hydrogen-bond acceptors (Lipinski definition) is 3. The van der Waals surface area contributed by atoms with Crippen molar-refractivity contribution in [3.8, 4) is 11.8 Å². The largest absolute Gasteiger partial charge is 0.368 e. The molecule has 1 N–H and O–H groups in total. The van der Waals surface area contributed by atoms with Crippen LogP contribution in [0.15, 0.2) is 18.3 Å². The molecule has 0 aliphatic heterocycles. The fourth-order valence-electron chi connectivity index (χ4n) is 1.63. The molecule has 0 fully saturated rings. The number of nitrogens with one attached hydrogen (secondary N) is 1. The fraction of sp³-hybridized carbons (Fsp3) is 0.167. The summed E-state index contributed by atoms with van der Waals surface area (Å²) in [6.45, 7) is 0.487. The lowest BCUT2D eigenvalue weighted by Gasteiger charge is -2.12. The van der Waals surface area contributed by atoms with E-state index in [9.17, 15) is 0 Å². The summed E-state index contributed by atoms with van der Waals surface area (Å²) >= 11 is 23.7. The van der Waals surface area contributed by atoms with Crippen LogP contribution in [0, 0.1) is 11.3 Å². The molecule has 2 rings (SSSR count). The summed E-state index contributed by atoms with van der Waals surface area (Å²) < 4.78 is 1.50. The fourth-order valence-corrected chi connectivity index (χ4v) is 2.33. The molecule has 0 atom stereocenters. The minimum absolute atomic E-state index is 0.239. The number of rotatable bonds is 4. The van der Waals surface area contributed by atoms with Gasteiger partial charge in [-0.05, 0) is 12.1 Å². The van der Waals surface area contributed by atoms with Crippen molar-refractivity contribution >= 4 is 52.2 Å². The van der Waals surface area contributed by atoms with Gasteiger partial charge in [0.15, 0.2) is 0 Å². The van der Waals surface area contributed by atoms with Gasteiger partial charge in [-0.1, -0.05) is 34.8 Å². The Bertz CT molecular complexity index is 675. The van der Waals surface area contributed by atoms with E-state index in [0.29, 0.717) is 34.5 Å². The number of alkyl halides is 1. The zero-order valence-electron chi connectivity index (χ0n) is 10.00. The van der Waals surface area contributed by atoms with Gasteiger partial charge < -0.3 is 5.32 Å². The molecule has 0 radical (unpaired) electrons. The second-order valence-corrected chi connectivity index (χ2v) is 5.28. The first kappa shape index (κ1) is 15.3. The molecule has 0 amide bonds. The van der Waals surface area contributed by atoms with Gasteiger partial charge in [0.25, 0.3) is 0 Å². The van der Waals surface area contributed by atoms with Crippen LogP contribution < -0.4 is 5.32 Å². The topological polar surface area (TPSA) is 53.6 Å². The average molecular weight is 350 g/mol. The number of nitriles is 1. The molecule has 20 heavy (non-hydrogen) atoms. The van der Waals surface area contributed by atoms with E-state index in [2.05, 4.69) is 10.4 Å². The molecule has 0 aliphatic carbocycles. The summed E-state index contributed by atoms with van der Waals surface area (Å²) in [5, 5.41) is 17.1. The van der Waals surface area contributed by atoms with Gasteiger partial charge in [-0.2, -0.15) is 10.4 Å². The molecular weight excluding hydrogens is 342 g/mol. The molecule has 1 aromatic carbocycles. The highest BCUT2D eigenvalue weighted by Crippen LogP contribution is 2.35. The van der Waals surface area contributed by atoms with Crippen LogP contribution in [0.1, 0.15) is 5.56 Å². The van der Waals surface area contributed by atoms with E-state index in [-0.39, 0.29) is 10.0 Å². The molecule has 0 saturated heterocycles. The van der Waals surface area contributed by atoms with E-state index in [1.165, 1.54) is 10.9 Å². The van der Waals surface area contributed by atoms with Gasteiger partial charge in [-0.15, -0.1) is 11.6 Å². The van der Waals surface area contributed by atoms with Gasteiger partial charge >= 0.3 is 0 Å². The van der Waals surface area contributed by atoms with Crippen molar-refractivity contribution in [3.63, 3.8) is 0 Å². The van der Waals surface area contributed by atoms with Crippen molar-refractivity contribution in [2.24, 2.45) is 0 Å². The van der Waals surface area contributed by atoms with Crippen molar-refractivity contribution in [2.45, 2.75) is 0 Å². The minimum atomic E-state index is 0.239. The number of hydrogen-bond donors (Lipinski definition) is 1. The predicted octanol–water partition coefficient (Wildman–Crippen LogP) is 4.35. The van der Waals surface area contributed by atoms with Gasteiger partial charge in [0, 0.05) is 12.4 Å². The number of nitrogens with zero attached hydrogens (tertiary/aromatic N) is 3. The van der Waals surface area contributed by atoms with Gasteiger partial charge in [-0.25, -0.2) is 4.68 Å². The third kappa shape index (κ3) is 2.82. The highest BCUT2D eigenvalue weighted by Gasteiger charge is 2.16. The molecule has 0 saturated carbocycles. The third-order valence-electron chi connectivity index (χ3n) is 2.52. The van der Waals surface area contributed by atoms with E-state index in [4.69, 9.17) is 51.7 Å². The molecule has 0 bridgehead atoms. The Morgan fingerprint density at radius 2 is 2.00 bits per heavy atom. The SMILES string of the molecule is N#Cc1cnn(-c2ccc(Cl)c(Cl)c2Cl)c1NCCCl. The van der Waals surface area contributed by atoms with Crippen molar-refractivity contribution < 1.29 is 0 Å². The highest BCUT2D eigenvalue weighted by atomic mass is 35.5. The van der Waals surface area contributed by atoms with Crippen molar-refractivity contribution in [2.75, 3.05) is 17.7 Å². The maximum atomic E-state index is 9.09. The molecule has 8 heteroatoms. The van der Waals surface area contributed by atoms with Crippen molar-refractivity contribution in [3.05, 3.63) is 39.0 Å². The second kappa shape index (κ2) is 6.55. The Kier molecular flexibility index (Phi) is 5.00. The van der Waals surface area contributed by atoms with Crippen molar-refractivity contribution in [1.29, 1.82) is 5.26 Å². The molecular formula is C12H8Cl4N4. The van der Waals surface area contributed by atoms with Crippen LogP contribution in [0.4, 0.5) is 5.82 Å².